The van der Waals surface area contributed by atoms with E-state index >= 15 is 0 Å². The highest BCUT2D eigenvalue weighted by Gasteiger charge is 2.27. The molecule has 3 nitrogen and oxygen atoms in total. The van der Waals surface area contributed by atoms with Crippen molar-refractivity contribution in [2.45, 2.75) is 22.9 Å². The predicted octanol–water partition coefficient (Wildman–Crippen LogP) is 3.56. The molecule has 0 fully saturated rings. The monoisotopic (exact) mass is 308 g/mol. The Balaban J connectivity index is 1.90. The summed E-state index contributed by atoms with van der Waals surface area (Å²) in [6, 6.07) is 7.76. The highest BCUT2D eigenvalue weighted by Crippen LogP contribution is 2.33. The van der Waals surface area contributed by atoms with Crippen molar-refractivity contribution in [3.63, 3.8) is 0 Å². The van der Waals surface area contributed by atoms with Crippen molar-refractivity contribution in [3.8, 4) is 0 Å². The first-order valence-electron chi connectivity index (χ1n) is 5.37. The Morgan fingerprint density at radius 2 is 2.11 bits per heavy atom. The molecule has 0 aromatic heterocycles. The van der Waals surface area contributed by atoms with E-state index in [-0.39, 0.29) is 19.1 Å². The normalized spacial score (nSPS) is 18.5. The van der Waals surface area contributed by atoms with Crippen molar-refractivity contribution >= 4 is 40.8 Å². The molecule has 0 saturated carbocycles. The predicted molar refractivity (Wildman–Crippen MR) is 69.8 cm³/mol. The van der Waals surface area contributed by atoms with Gasteiger partial charge in [-0.3, -0.25) is 4.79 Å². The van der Waals surface area contributed by atoms with E-state index in [9.17, 15) is 4.79 Å². The van der Waals surface area contributed by atoms with E-state index in [0.717, 1.165) is 11.1 Å². The molecule has 0 saturated heterocycles. The fourth-order valence-corrected chi connectivity index (χ4v) is 1.97. The topological polar surface area (TPSA) is 35.5 Å². The second-order valence-corrected chi connectivity index (χ2v) is 6.49. The van der Waals surface area contributed by atoms with E-state index in [0.29, 0.717) is 6.61 Å². The Hall–Kier alpha value is -0.480. The molecule has 1 heterocycles. The zero-order chi connectivity index (χ0) is 13.2. The van der Waals surface area contributed by atoms with Crippen LogP contribution in [0.1, 0.15) is 23.7 Å². The molecule has 1 aliphatic rings. The summed E-state index contributed by atoms with van der Waals surface area (Å²) in [7, 11) is 0. The quantitative estimate of drug-likeness (QED) is 0.632. The summed E-state index contributed by atoms with van der Waals surface area (Å²) in [5.41, 5.74) is 2.11. The van der Waals surface area contributed by atoms with Gasteiger partial charge in [0, 0.05) is 0 Å². The Morgan fingerprint density at radius 1 is 1.39 bits per heavy atom. The molecule has 2 rings (SSSR count). The number of benzene rings is 1. The van der Waals surface area contributed by atoms with E-state index in [1.54, 1.807) is 0 Å². The maximum absolute atomic E-state index is 11.6. The first-order chi connectivity index (χ1) is 8.46. The average molecular weight is 310 g/mol. The third kappa shape index (κ3) is 3.75. The summed E-state index contributed by atoms with van der Waals surface area (Å²) < 4.78 is 8.82. The van der Waals surface area contributed by atoms with Gasteiger partial charge in [0.05, 0.1) is 19.1 Å². The van der Waals surface area contributed by atoms with Crippen LogP contribution in [0.25, 0.3) is 0 Å². The highest BCUT2D eigenvalue weighted by atomic mass is 35.6. The average Bonchev–Trinajstić information content (AvgIpc) is 2.70. The number of hydrogen-bond acceptors (Lipinski definition) is 3. The highest BCUT2D eigenvalue weighted by molar-refractivity contribution is 6.67. The SMILES string of the molecule is O=C(C[C@H]1OCc2ccccc21)OCC(Cl)(Cl)Cl. The smallest absolute Gasteiger partial charge is 0.308 e. The molecule has 98 valence electrons. The maximum atomic E-state index is 11.6. The molecule has 1 aliphatic heterocycles. The second-order valence-electron chi connectivity index (χ2n) is 3.98. The van der Waals surface area contributed by atoms with Gasteiger partial charge in [-0.2, -0.15) is 0 Å². The largest absolute Gasteiger partial charge is 0.461 e. The van der Waals surface area contributed by atoms with Crippen molar-refractivity contribution in [2.24, 2.45) is 0 Å². The molecule has 0 N–H and O–H groups in total. The number of ether oxygens (including phenoxy) is 2. The van der Waals surface area contributed by atoms with E-state index in [4.69, 9.17) is 44.3 Å². The van der Waals surface area contributed by atoms with Gasteiger partial charge in [0.25, 0.3) is 0 Å². The molecular formula is C12H11Cl3O3. The van der Waals surface area contributed by atoms with Gasteiger partial charge in [0.2, 0.25) is 3.79 Å². The zero-order valence-electron chi connectivity index (χ0n) is 9.37. The number of halogens is 3. The summed E-state index contributed by atoms with van der Waals surface area (Å²) >= 11 is 16.5. The third-order valence-electron chi connectivity index (χ3n) is 2.59. The zero-order valence-corrected chi connectivity index (χ0v) is 11.6. The Labute approximate surface area is 120 Å². The van der Waals surface area contributed by atoms with Gasteiger partial charge in [0.1, 0.15) is 6.61 Å². The first-order valence-corrected chi connectivity index (χ1v) is 6.51. The van der Waals surface area contributed by atoms with Crippen molar-refractivity contribution in [2.75, 3.05) is 6.61 Å². The molecule has 0 amide bonds. The van der Waals surface area contributed by atoms with Crippen LogP contribution in [0.5, 0.6) is 0 Å². The molecule has 1 aromatic carbocycles. The molecule has 0 aliphatic carbocycles. The molecule has 0 bridgehead atoms. The molecule has 1 aromatic rings. The molecular weight excluding hydrogens is 298 g/mol. The lowest BCUT2D eigenvalue weighted by Gasteiger charge is -2.13. The summed E-state index contributed by atoms with van der Waals surface area (Å²) in [6.45, 7) is 0.253. The number of carbonyl (C=O) groups is 1. The first kappa shape index (κ1) is 13.9. The van der Waals surface area contributed by atoms with Crippen LogP contribution >= 0.6 is 34.8 Å². The number of esters is 1. The number of hydrogen-bond donors (Lipinski definition) is 0. The van der Waals surface area contributed by atoms with Gasteiger partial charge in [-0.15, -0.1) is 0 Å². The van der Waals surface area contributed by atoms with Gasteiger partial charge in [-0.25, -0.2) is 0 Å². The van der Waals surface area contributed by atoms with Crippen LogP contribution in [0.15, 0.2) is 24.3 Å². The van der Waals surface area contributed by atoms with Gasteiger partial charge in [-0.05, 0) is 11.1 Å². The van der Waals surface area contributed by atoms with Crippen molar-refractivity contribution in [3.05, 3.63) is 35.4 Å². The Kier molecular flexibility index (Phi) is 4.38. The Morgan fingerprint density at radius 3 is 2.83 bits per heavy atom. The third-order valence-corrected chi connectivity index (χ3v) is 2.92. The number of rotatable bonds is 3. The molecule has 0 radical (unpaired) electrons. The van der Waals surface area contributed by atoms with E-state index in [1.165, 1.54) is 0 Å². The second kappa shape index (κ2) is 5.66. The summed E-state index contributed by atoms with van der Waals surface area (Å²) in [4.78, 5) is 11.6. The van der Waals surface area contributed by atoms with Crippen molar-refractivity contribution in [1.29, 1.82) is 0 Å². The van der Waals surface area contributed by atoms with E-state index in [1.807, 2.05) is 24.3 Å². The van der Waals surface area contributed by atoms with Gasteiger partial charge >= 0.3 is 5.97 Å². The lowest BCUT2D eigenvalue weighted by Crippen LogP contribution is -2.18. The van der Waals surface area contributed by atoms with E-state index < -0.39 is 9.76 Å². The van der Waals surface area contributed by atoms with Crippen LogP contribution in [0.3, 0.4) is 0 Å². The summed E-state index contributed by atoms with van der Waals surface area (Å²) in [5, 5.41) is 0. The minimum absolute atomic E-state index is 0.123. The lowest BCUT2D eigenvalue weighted by atomic mass is 10.0. The summed E-state index contributed by atoms with van der Waals surface area (Å²) in [5.74, 6) is -0.442. The number of alkyl halides is 3. The van der Waals surface area contributed by atoms with Crippen molar-refractivity contribution in [1.82, 2.24) is 0 Å². The van der Waals surface area contributed by atoms with Gasteiger partial charge < -0.3 is 9.47 Å². The van der Waals surface area contributed by atoms with Crippen LogP contribution in [0.4, 0.5) is 0 Å². The number of carbonyl (C=O) groups excluding carboxylic acids is 1. The van der Waals surface area contributed by atoms with Crippen LogP contribution in [0.2, 0.25) is 0 Å². The standard InChI is InChI=1S/C12H11Cl3O3/c13-12(14,15)7-18-11(16)5-10-9-4-2-1-3-8(9)6-17-10/h1-4,10H,5-7H2/t10-/m1/s1. The van der Waals surface area contributed by atoms with Crippen LogP contribution in [0, 0.1) is 0 Å². The molecule has 1 atom stereocenters. The summed E-state index contributed by atoms with van der Waals surface area (Å²) in [6.07, 6.45) is -0.151. The number of fused-ring (bicyclic) bond motifs is 1. The molecule has 0 unspecified atom stereocenters. The Bertz CT molecular complexity index is 442. The fraction of sp³-hybridized carbons (Fsp3) is 0.417. The minimum Gasteiger partial charge on any atom is -0.461 e. The van der Waals surface area contributed by atoms with Crippen LogP contribution in [-0.2, 0) is 20.9 Å². The molecule has 6 heteroatoms. The van der Waals surface area contributed by atoms with Crippen molar-refractivity contribution < 1.29 is 14.3 Å². The van der Waals surface area contributed by atoms with Gasteiger partial charge in [0.15, 0.2) is 0 Å². The molecule has 0 spiro atoms. The van der Waals surface area contributed by atoms with E-state index in [2.05, 4.69) is 0 Å². The van der Waals surface area contributed by atoms with Crippen LogP contribution < -0.4 is 0 Å². The minimum atomic E-state index is -1.58. The lowest BCUT2D eigenvalue weighted by molar-refractivity contribution is -0.146. The van der Waals surface area contributed by atoms with Crippen LogP contribution in [-0.4, -0.2) is 16.4 Å². The maximum Gasteiger partial charge on any atom is 0.308 e. The van der Waals surface area contributed by atoms with Gasteiger partial charge in [-0.1, -0.05) is 59.1 Å². The molecule has 18 heavy (non-hydrogen) atoms. The fourth-order valence-electron chi connectivity index (χ4n) is 1.80.